The molecule has 0 aliphatic carbocycles. The minimum Gasteiger partial charge on any atom is -0.497 e. The lowest BCUT2D eigenvalue weighted by Gasteiger charge is -2.15. The second-order valence-electron chi connectivity index (χ2n) is 5.44. The monoisotopic (exact) mass is 290 g/mol. The Balaban J connectivity index is 2.36. The van der Waals surface area contributed by atoms with Crippen LogP contribution in [0.25, 0.3) is 11.0 Å². The standard InChI is InChI=1S/C16H22N2O3/c1-5-21-16(19)12(8-10(2)3)15-17-13-7-6-11(20-4)9-14(13)18-15/h6-7,9-10,12H,5,8H2,1-4H3,(H,17,18). The van der Waals surface area contributed by atoms with Crippen LogP contribution in [0.1, 0.15) is 38.9 Å². The molecule has 1 aromatic carbocycles. The summed E-state index contributed by atoms with van der Waals surface area (Å²) in [5.74, 6) is 1.21. The number of carbonyl (C=O) groups is 1. The van der Waals surface area contributed by atoms with Gasteiger partial charge in [-0.05, 0) is 31.4 Å². The van der Waals surface area contributed by atoms with E-state index in [2.05, 4.69) is 23.8 Å². The topological polar surface area (TPSA) is 64.2 Å². The van der Waals surface area contributed by atoms with Gasteiger partial charge < -0.3 is 14.5 Å². The van der Waals surface area contributed by atoms with Crippen molar-refractivity contribution in [3.63, 3.8) is 0 Å². The summed E-state index contributed by atoms with van der Waals surface area (Å²) in [5.41, 5.74) is 1.69. The fourth-order valence-corrected chi connectivity index (χ4v) is 2.33. The summed E-state index contributed by atoms with van der Waals surface area (Å²) in [6.45, 7) is 6.35. The van der Waals surface area contributed by atoms with Crippen molar-refractivity contribution < 1.29 is 14.3 Å². The number of H-pyrrole nitrogens is 1. The summed E-state index contributed by atoms with van der Waals surface area (Å²) in [5, 5.41) is 0. The quantitative estimate of drug-likeness (QED) is 0.829. The first-order valence-electron chi connectivity index (χ1n) is 7.25. The minimum absolute atomic E-state index is 0.225. The predicted octanol–water partition coefficient (Wildman–Crippen LogP) is 3.26. The number of esters is 1. The Hall–Kier alpha value is -2.04. The third kappa shape index (κ3) is 3.54. The lowest BCUT2D eigenvalue weighted by molar-refractivity contribution is -0.145. The first-order valence-corrected chi connectivity index (χ1v) is 7.25. The molecule has 0 saturated heterocycles. The number of hydrogen-bond acceptors (Lipinski definition) is 4. The Morgan fingerprint density at radius 2 is 2.14 bits per heavy atom. The third-order valence-electron chi connectivity index (χ3n) is 3.32. The van der Waals surface area contributed by atoms with E-state index in [-0.39, 0.29) is 11.9 Å². The van der Waals surface area contributed by atoms with Gasteiger partial charge in [0.1, 0.15) is 17.5 Å². The molecule has 5 heteroatoms. The fourth-order valence-electron chi connectivity index (χ4n) is 2.33. The largest absolute Gasteiger partial charge is 0.497 e. The van der Waals surface area contributed by atoms with E-state index < -0.39 is 0 Å². The van der Waals surface area contributed by atoms with E-state index in [0.717, 1.165) is 16.8 Å². The van der Waals surface area contributed by atoms with Crippen molar-refractivity contribution in [3.8, 4) is 5.75 Å². The highest BCUT2D eigenvalue weighted by molar-refractivity contribution is 5.81. The van der Waals surface area contributed by atoms with Gasteiger partial charge in [-0.3, -0.25) is 4.79 Å². The smallest absolute Gasteiger partial charge is 0.316 e. The van der Waals surface area contributed by atoms with Crippen LogP contribution >= 0.6 is 0 Å². The Labute approximate surface area is 124 Å². The number of carbonyl (C=O) groups excluding carboxylic acids is 1. The van der Waals surface area contributed by atoms with Crippen molar-refractivity contribution in [3.05, 3.63) is 24.0 Å². The molecule has 0 radical (unpaired) electrons. The van der Waals surface area contributed by atoms with Crippen molar-refractivity contribution in [2.24, 2.45) is 5.92 Å². The predicted molar refractivity (Wildman–Crippen MR) is 81.5 cm³/mol. The molecule has 1 atom stereocenters. The molecule has 0 fully saturated rings. The van der Waals surface area contributed by atoms with Crippen LogP contribution in [0.15, 0.2) is 18.2 Å². The Morgan fingerprint density at radius 1 is 1.38 bits per heavy atom. The van der Waals surface area contributed by atoms with Crippen molar-refractivity contribution in [2.45, 2.75) is 33.1 Å². The molecule has 0 aliphatic heterocycles. The van der Waals surface area contributed by atoms with Gasteiger partial charge in [-0.25, -0.2) is 4.98 Å². The summed E-state index contributed by atoms with van der Waals surface area (Å²) in [7, 11) is 1.62. The summed E-state index contributed by atoms with van der Waals surface area (Å²) >= 11 is 0. The zero-order valence-electron chi connectivity index (χ0n) is 13.0. The molecule has 1 heterocycles. The van der Waals surface area contributed by atoms with E-state index in [1.807, 2.05) is 25.1 Å². The SMILES string of the molecule is CCOC(=O)C(CC(C)C)c1nc2ccc(OC)cc2[nH]1. The van der Waals surface area contributed by atoms with Crippen LogP contribution in [0.3, 0.4) is 0 Å². The van der Waals surface area contributed by atoms with E-state index in [4.69, 9.17) is 9.47 Å². The van der Waals surface area contributed by atoms with Crippen molar-refractivity contribution in [1.29, 1.82) is 0 Å². The van der Waals surface area contributed by atoms with Gasteiger partial charge in [0.05, 0.1) is 24.8 Å². The average molecular weight is 290 g/mol. The molecule has 21 heavy (non-hydrogen) atoms. The molecule has 2 rings (SSSR count). The normalized spacial score (nSPS) is 12.6. The summed E-state index contributed by atoms with van der Waals surface area (Å²) in [6.07, 6.45) is 0.704. The number of imidazole rings is 1. The van der Waals surface area contributed by atoms with Gasteiger partial charge in [0.25, 0.3) is 0 Å². The number of nitrogens with one attached hydrogen (secondary N) is 1. The maximum Gasteiger partial charge on any atom is 0.316 e. The van der Waals surface area contributed by atoms with Gasteiger partial charge in [0.2, 0.25) is 0 Å². The number of methoxy groups -OCH3 is 1. The van der Waals surface area contributed by atoms with E-state index in [9.17, 15) is 4.79 Å². The average Bonchev–Trinajstić information content (AvgIpc) is 2.87. The highest BCUT2D eigenvalue weighted by Crippen LogP contribution is 2.27. The van der Waals surface area contributed by atoms with Crippen LogP contribution in [-0.4, -0.2) is 29.7 Å². The summed E-state index contributed by atoms with van der Waals surface area (Å²) in [4.78, 5) is 19.9. The lowest BCUT2D eigenvalue weighted by Crippen LogP contribution is -2.19. The molecule has 0 spiro atoms. The Morgan fingerprint density at radius 3 is 2.76 bits per heavy atom. The van der Waals surface area contributed by atoms with Crippen LogP contribution in [0.5, 0.6) is 5.75 Å². The molecule has 0 bridgehead atoms. The van der Waals surface area contributed by atoms with Gasteiger partial charge in [-0.1, -0.05) is 13.8 Å². The van der Waals surface area contributed by atoms with Crippen LogP contribution in [0, 0.1) is 5.92 Å². The summed E-state index contributed by atoms with van der Waals surface area (Å²) in [6, 6.07) is 5.62. The number of hydrogen-bond donors (Lipinski definition) is 1. The van der Waals surface area contributed by atoms with Gasteiger partial charge in [0.15, 0.2) is 0 Å². The second-order valence-corrected chi connectivity index (χ2v) is 5.44. The van der Waals surface area contributed by atoms with Crippen molar-refractivity contribution >= 4 is 17.0 Å². The molecule has 5 nitrogen and oxygen atoms in total. The highest BCUT2D eigenvalue weighted by atomic mass is 16.5. The number of nitrogens with zero attached hydrogens (tertiary/aromatic N) is 1. The van der Waals surface area contributed by atoms with Crippen LogP contribution in [0.4, 0.5) is 0 Å². The van der Waals surface area contributed by atoms with Gasteiger partial charge in [-0.15, -0.1) is 0 Å². The number of benzene rings is 1. The molecule has 2 aromatic rings. The second kappa shape index (κ2) is 6.61. The first kappa shape index (κ1) is 15.4. The zero-order valence-corrected chi connectivity index (χ0v) is 13.0. The van der Waals surface area contributed by atoms with Crippen molar-refractivity contribution in [1.82, 2.24) is 9.97 Å². The summed E-state index contributed by atoms with van der Waals surface area (Å²) < 4.78 is 10.4. The molecular weight excluding hydrogens is 268 g/mol. The molecular formula is C16H22N2O3. The molecule has 1 aromatic heterocycles. The fraction of sp³-hybridized carbons (Fsp3) is 0.500. The Kier molecular flexibility index (Phi) is 4.83. The van der Waals surface area contributed by atoms with Gasteiger partial charge in [0, 0.05) is 6.07 Å². The van der Waals surface area contributed by atoms with E-state index >= 15 is 0 Å². The zero-order chi connectivity index (χ0) is 15.4. The molecule has 114 valence electrons. The first-order chi connectivity index (χ1) is 10.0. The van der Waals surface area contributed by atoms with E-state index in [1.165, 1.54) is 0 Å². The number of fused-ring (bicyclic) bond motifs is 1. The molecule has 1 unspecified atom stereocenters. The molecule has 0 saturated carbocycles. The van der Waals surface area contributed by atoms with Crippen LogP contribution < -0.4 is 4.74 Å². The van der Waals surface area contributed by atoms with Gasteiger partial charge in [-0.2, -0.15) is 0 Å². The lowest BCUT2D eigenvalue weighted by atomic mass is 9.96. The highest BCUT2D eigenvalue weighted by Gasteiger charge is 2.26. The molecule has 0 aliphatic rings. The van der Waals surface area contributed by atoms with E-state index in [1.54, 1.807) is 7.11 Å². The van der Waals surface area contributed by atoms with Gasteiger partial charge >= 0.3 is 5.97 Å². The third-order valence-corrected chi connectivity index (χ3v) is 3.32. The van der Waals surface area contributed by atoms with Crippen LogP contribution in [-0.2, 0) is 9.53 Å². The maximum absolute atomic E-state index is 12.2. The van der Waals surface area contributed by atoms with Crippen molar-refractivity contribution in [2.75, 3.05) is 13.7 Å². The molecule has 0 amide bonds. The number of ether oxygens (including phenoxy) is 2. The van der Waals surface area contributed by atoms with Crippen LogP contribution in [0.2, 0.25) is 0 Å². The Bertz CT molecular complexity index is 619. The maximum atomic E-state index is 12.2. The number of rotatable bonds is 6. The molecule has 1 N–H and O–H groups in total. The number of aromatic amines is 1. The minimum atomic E-state index is -0.358. The van der Waals surface area contributed by atoms with E-state index in [0.29, 0.717) is 24.8 Å². The number of aromatic nitrogens is 2.